The van der Waals surface area contributed by atoms with E-state index in [4.69, 9.17) is 5.73 Å². The molecule has 1 saturated heterocycles. The Morgan fingerprint density at radius 1 is 1.30 bits per heavy atom. The van der Waals surface area contributed by atoms with Crippen LogP contribution >= 0.6 is 0 Å². The zero-order chi connectivity index (χ0) is 14.8. The third kappa shape index (κ3) is 3.34. The van der Waals surface area contributed by atoms with Crippen molar-refractivity contribution in [1.82, 2.24) is 10.2 Å². The lowest BCUT2D eigenvalue weighted by molar-refractivity contribution is -0.124. The Balaban J connectivity index is 1.99. The fourth-order valence-electron chi connectivity index (χ4n) is 3.95. The summed E-state index contributed by atoms with van der Waals surface area (Å²) in [5.74, 6) is -0.169. The van der Waals surface area contributed by atoms with E-state index in [0.717, 1.165) is 25.8 Å². The van der Waals surface area contributed by atoms with Crippen LogP contribution < -0.4 is 11.1 Å². The van der Waals surface area contributed by atoms with Gasteiger partial charge in [-0.05, 0) is 63.6 Å². The summed E-state index contributed by atoms with van der Waals surface area (Å²) in [7, 11) is 0. The molecule has 4 heteroatoms. The second-order valence-electron chi connectivity index (χ2n) is 7.43. The van der Waals surface area contributed by atoms with Gasteiger partial charge in [-0.2, -0.15) is 0 Å². The van der Waals surface area contributed by atoms with Crippen LogP contribution in [0.25, 0.3) is 0 Å². The van der Waals surface area contributed by atoms with E-state index in [-0.39, 0.29) is 5.91 Å². The van der Waals surface area contributed by atoms with Gasteiger partial charge in [-0.1, -0.05) is 20.8 Å². The second-order valence-corrected chi connectivity index (χ2v) is 7.43. The predicted octanol–water partition coefficient (Wildman–Crippen LogP) is 1.88. The molecule has 2 fully saturated rings. The zero-order valence-corrected chi connectivity index (χ0v) is 13.4. The molecule has 1 heterocycles. The molecule has 116 valence electrons. The normalized spacial score (nSPS) is 34.9. The number of nitrogens with two attached hydrogens (primary N) is 1. The first-order valence-electron chi connectivity index (χ1n) is 8.17. The van der Waals surface area contributed by atoms with Gasteiger partial charge in [-0.25, -0.2) is 0 Å². The summed E-state index contributed by atoms with van der Waals surface area (Å²) in [6.45, 7) is 9.94. The van der Waals surface area contributed by atoms with E-state index < -0.39 is 5.54 Å². The Morgan fingerprint density at radius 2 is 2.05 bits per heavy atom. The lowest BCUT2D eigenvalue weighted by Crippen LogP contribution is -2.54. The lowest BCUT2D eigenvalue weighted by atomic mass is 9.85. The fraction of sp³-hybridized carbons (Fsp3) is 0.938. The molecule has 0 radical (unpaired) electrons. The predicted molar refractivity (Wildman–Crippen MR) is 82.4 cm³/mol. The monoisotopic (exact) mass is 281 g/mol. The van der Waals surface area contributed by atoms with Gasteiger partial charge in [-0.3, -0.25) is 4.79 Å². The quantitative estimate of drug-likeness (QED) is 0.827. The Labute approximate surface area is 123 Å². The van der Waals surface area contributed by atoms with E-state index in [9.17, 15) is 4.79 Å². The van der Waals surface area contributed by atoms with Crippen LogP contribution in [0, 0.1) is 5.41 Å². The number of nitrogens with zero attached hydrogens (tertiary/aromatic N) is 1. The Hall–Kier alpha value is -0.610. The molecule has 1 amide bonds. The molecule has 2 atom stereocenters. The second kappa shape index (κ2) is 6.02. The highest BCUT2D eigenvalue weighted by Crippen LogP contribution is 2.36. The third-order valence-corrected chi connectivity index (χ3v) is 5.37. The highest BCUT2D eigenvalue weighted by atomic mass is 16.1. The molecule has 0 aromatic rings. The Kier molecular flexibility index (Phi) is 4.75. The highest BCUT2D eigenvalue weighted by Gasteiger charge is 2.45. The molecule has 2 rings (SSSR count). The maximum absolute atomic E-state index is 11.9. The summed E-state index contributed by atoms with van der Waals surface area (Å²) in [4.78, 5) is 14.5. The molecule has 1 saturated carbocycles. The van der Waals surface area contributed by atoms with Crippen LogP contribution in [0.5, 0.6) is 0 Å². The van der Waals surface area contributed by atoms with Crippen LogP contribution in [0.3, 0.4) is 0 Å². The van der Waals surface area contributed by atoms with E-state index in [1.54, 1.807) is 0 Å². The van der Waals surface area contributed by atoms with Crippen LogP contribution in [0.15, 0.2) is 0 Å². The van der Waals surface area contributed by atoms with Gasteiger partial charge < -0.3 is 16.0 Å². The molecular formula is C16H31N3O. The van der Waals surface area contributed by atoms with Crippen molar-refractivity contribution in [2.45, 2.75) is 70.9 Å². The zero-order valence-electron chi connectivity index (χ0n) is 13.4. The minimum Gasteiger partial charge on any atom is -0.368 e. The van der Waals surface area contributed by atoms with Gasteiger partial charge in [0.05, 0.1) is 5.54 Å². The number of carbonyl (C=O) groups excluding carboxylic acids is 1. The first kappa shape index (κ1) is 15.8. The average Bonchev–Trinajstić information content (AvgIpc) is 2.71. The van der Waals surface area contributed by atoms with Gasteiger partial charge in [0.15, 0.2) is 0 Å². The number of likely N-dealkylation sites (tertiary alicyclic amines) is 1. The minimum absolute atomic E-state index is 0.169. The summed E-state index contributed by atoms with van der Waals surface area (Å²) in [5.41, 5.74) is 5.68. The number of amides is 1. The van der Waals surface area contributed by atoms with Crippen molar-refractivity contribution < 1.29 is 4.79 Å². The molecule has 2 aliphatic rings. The third-order valence-electron chi connectivity index (χ3n) is 5.37. The number of rotatable bonds is 4. The molecule has 2 unspecified atom stereocenters. The number of likely N-dealkylation sites (N-methyl/N-ethyl adjacent to an activating group) is 1. The van der Waals surface area contributed by atoms with Crippen LogP contribution in [0.4, 0.5) is 0 Å². The summed E-state index contributed by atoms with van der Waals surface area (Å²) < 4.78 is 0. The molecule has 20 heavy (non-hydrogen) atoms. The van der Waals surface area contributed by atoms with E-state index >= 15 is 0 Å². The molecule has 1 aliphatic heterocycles. The molecule has 0 spiro atoms. The molecular weight excluding hydrogens is 250 g/mol. The van der Waals surface area contributed by atoms with Crippen molar-refractivity contribution >= 4 is 5.91 Å². The smallest absolute Gasteiger partial charge is 0.237 e. The summed E-state index contributed by atoms with van der Waals surface area (Å²) >= 11 is 0. The van der Waals surface area contributed by atoms with Crippen LogP contribution in [0.1, 0.15) is 59.3 Å². The highest BCUT2D eigenvalue weighted by molar-refractivity contribution is 5.85. The molecule has 1 aliphatic carbocycles. The van der Waals surface area contributed by atoms with Crippen molar-refractivity contribution in [2.24, 2.45) is 11.1 Å². The van der Waals surface area contributed by atoms with Gasteiger partial charge in [0.2, 0.25) is 5.91 Å². The van der Waals surface area contributed by atoms with Gasteiger partial charge >= 0.3 is 0 Å². The van der Waals surface area contributed by atoms with Gasteiger partial charge in [0, 0.05) is 6.04 Å². The molecule has 0 bridgehead atoms. The SMILES string of the molecule is CCNC1(C(N)=O)CCC(N2CCCC(C)(C)CC2)C1. The van der Waals surface area contributed by atoms with E-state index in [1.165, 1.54) is 32.4 Å². The van der Waals surface area contributed by atoms with Gasteiger partial charge in [-0.15, -0.1) is 0 Å². The largest absolute Gasteiger partial charge is 0.368 e. The number of primary amides is 1. The van der Waals surface area contributed by atoms with E-state index in [0.29, 0.717) is 11.5 Å². The summed E-state index contributed by atoms with van der Waals surface area (Å²) in [6.07, 6.45) is 6.71. The average molecular weight is 281 g/mol. The number of hydrogen-bond donors (Lipinski definition) is 2. The lowest BCUT2D eigenvalue weighted by Gasteiger charge is -2.31. The van der Waals surface area contributed by atoms with Crippen molar-refractivity contribution in [3.05, 3.63) is 0 Å². The Morgan fingerprint density at radius 3 is 2.70 bits per heavy atom. The number of hydrogen-bond acceptors (Lipinski definition) is 3. The van der Waals surface area contributed by atoms with Crippen LogP contribution in [-0.2, 0) is 4.79 Å². The molecule has 3 N–H and O–H groups in total. The Bertz CT molecular complexity index is 356. The summed E-state index contributed by atoms with van der Waals surface area (Å²) in [6, 6.07) is 0.524. The van der Waals surface area contributed by atoms with Crippen molar-refractivity contribution in [1.29, 1.82) is 0 Å². The van der Waals surface area contributed by atoms with Crippen LogP contribution in [-0.4, -0.2) is 42.0 Å². The number of nitrogens with one attached hydrogen (secondary N) is 1. The van der Waals surface area contributed by atoms with Crippen molar-refractivity contribution in [2.75, 3.05) is 19.6 Å². The van der Waals surface area contributed by atoms with Gasteiger partial charge in [0.25, 0.3) is 0 Å². The molecule has 4 nitrogen and oxygen atoms in total. The minimum atomic E-state index is -0.457. The van der Waals surface area contributed by atoms with E-state index in [2.05, 4.69) is 24.1 Å². The first-order valence-corrected chi connectivity index (χ1v) is 8.17. The number of carbonyl (C=O) groups is 1. The van der Waals surface area contributed by atoms with Crippen molar-refractivity contribution in [3.63, 3.8) is 0 Å². The van der Waals surface area contributed by atoms with Gasteiger partial charge in [0.1, 0.15) is 0 Å². The molecule has 0 aromatic heterocycles. The summed E-state index contributed by atoms with van der Waals surface area (Å²) in [5, 5.41) is 3.36. The van der Waals surface area contributed by atoms with Crippen LogP contribution in [0.2, 0.25) is 0 Å². The van der Waals surface area contributed by atoms with Crippen molar-refractivity contribution in [3.8, 4) is 0 Å². The standard InChI is InChI=1S/C16H31N3O/c1-4-18-16(14(17)20)8-6-13(12-16)19-10-5-7-15(2,3)9-11-19/h13,18H,4-12H2,1-3H3,(H2,17,20). The topological polar surface area (TPSA) is 58.4 Å². The maximum atomic E-state index is 11.9. The fourth-order valence-corrected chi connectivity index (χ4v) is 3.95. The first-order chi connectivity index (χ1) is 9.38. The molecule has 0 aromatic carbocycles. The van der Waals surface area contributed by atoms with E-state index in [1.807, 2.05) is 6.92 Å². The maximum Gasteiger partial charge on any atom is 0.237 e.